The standard InChI is InChI=1S/C13H19BrN2/c1-16(9-10-2-3-10)13-5-4-12(14)8-11(13)6-7-15/h4-5,8,10H,2-3,6-7,9,15H2,1H3. The Morgan fingerprint density at radius 1 is 1.44 bits per heavy atom. The lowest BCUT2D eigenvalue weighted by molar-refractivity contribution is 0.781. The van der Waals surface area contributed by atoms with Crippen molar-refractivity contribution in [1.82, 2.24) is 0 Å². The molecule has 0 atom stereocenters. The van der Waals surface area contributed by atoms with Gasteiger partial charge in [-0.1, -0.05) is 15.9 Å². The zero-order chi connectivity index (χ0) is 11.5. The highest BCUT2D eigenvalue weighted by Crippen LogP contribution is 2.32. The number of benzene rings is 1. The molecule has 0 unspecified atom stereocenters. The zero-order valence-electron chi connectivity index (χ0n) is 9.75. The van der Waals surface area contributed by atoms with Gasteiger partial charge in [0.25, 0.3) is 0 Å². The molecule has 1 aliphatic rings. The summed E-state index contributed by atoms with van der Waals surface area (Å²) in [5.74, 6) is 0.916. The molecule has 1 aromatic rings. The molecule has 88 valence electrons. The molecule has 1 aromatic carbocycles. The second kappa shape index (κ2) is 5.19. The average molecular weight is 283 g/mol. The van der Waals surface area contributed by atoms with Crippen molar-refractivity contribution in [3.05, 3.63) is 28.2 Å². The van der Waals surface area contributed by atoms with Gasteiger partial charge in [0.1, 0.15) is 0 Å². The van der Waals surface area contributed by atoms with Crippen molar-refractivity contribution < 1.29 is 0 Å². The lowest BCUT2D eigenvalue weighted by Gasteiger charge is -2.22. The number of anilines is 1. The quantitative estimate of drug-likeness (QED) is 0.900. The van der Waals surface area contributed by atoms with Crippen molar-refractivity contribution in [1.29, 1.82) is 0 Å². The molecular weight excluding hydrogens is 264 g/mol. The topological polar surface area (TPSA) is 29.3 Å². The Kier molecular flexibility index (Phi) is 3.87. The first-order valence-corrected chi connectivity index (χ1v) is 6.69. The first-order chi connectivity index (χ1) is 7.70. The summed E-state index contributed by atoms with van der Waals surface area (Å²) in [6, 6.07) is 6.49. The molecule has 0 aromatic heterocycles. The number of hydrogen-bond donors (Lipinski definition) is 1. The second-order valence-electron chi connectivity index (χ2n) is 4.64. The fourth-order valence-electron chi connectivity index (χ4n) is 2.07. The summed E-state index contributed by atoms with van der Waals surface area (Å²) in [4.78, 5) is 2.37. The molecular formula is C13H19BrN2. The number of nitrogens with zero attached hydrogens (tertiary/aromatic N) is 1. The van der Waals surface area contributed by atoms with Crippen LogP contribution in [0.3, 0.4) is 0 Å². The maximum absolute atomic E-state index is 5.66. The Balaban J connectivity index is 2.15. The fraction of sp³-hybridized carbons (Fsp3) is 0.538. The van der Waals surface area contributed by atoms with Crippen molar-refractivity contribution >= 4 is 21.6 Å². The van der Waals surface area contributed by atoms with Gasteiger partial charge in [0.05, 0.1) is 0 Å². The van der Waals surface area contributed by atoms with E-state index in [1.807, 2.05) is 0 Å². The summed E-state index contributed by atoms with van der Waals surface area (Å²) in [6.45, 7) is 1.89. The van der Waals surface area contributed by atoms with Crippen molar-refractivity contribution in [2.45, 2.75) is 19.3 Å². The molecule has 0 saturated heterocycles. The highest BCUT2D eigenvalue weighted by molar-refractivity contribution is 9.10. The van der Waals surface area contributed by atoms with E-state index in [-0.39, 0.29) is 0 Å². The summed E-state index contributed by atoms with van der Waals surface area (Å²) < 4.78 is 1.14. The highest BCUT2D eigenvalue weighted by atomic mass is 79.9. The number of hydrogen-bond acceptors (Lipinski definition) is 2. The molecule has 2 rings (SSSR count). The maximum Gasteiger partial charge on any atom is 0.0397 e. The van der Waals surface area contributed by atoms with Gasteiger partial charge in [0.2, 0.25) is 0 Å². The van der Waals surface area contributed by atoms with Crippen LogP contribution in [0.15, 0.2) is 22.7 Å². The Bertz CT molecular complexity index is 361. The van der Waals surface area contributed by atoms with Crippen LogP contribution >= 0.6 is 15.9 Å². The van der Waals surface area contributed by atoms with E-state index < -0.39 is 0 Å². The largest absolute Gasteiger partial charge is 0.374 e. The summed E-state index contributed by atoms with van der Waals surface area (Å²) in [5, 5.41) is 0. The van der Waals surface area contributed by atoms with Gasteiger partial charge in [-0.05, 0) is 55.5 Å². The van der Waals surface area contributed by atoms with Crippen LogP contribution in [0.25, 0.3) is 0 Å². The molecule has 0 aliphatic heterocycles. The molecule has 1 saturated carbocycles. The van der Waals surface area contributed by atoms with Gasteiger partial charge in [-0.15, -0.1) is 0 Å². The minimum Gasteiger partial charge on any atom is -0.374 e. The van der Waals surface area contributed by atoms with E-state index in [0.717, 1.165) is 16.8 Å². The molecule has 2 N–H and O–H groups in total. The van der Waals surface area contributed by atoms with E-state index in [2.05, 4.69) is 46.1 Å². The molecule has 1 aliphatic carbocycles. The molecule has 0 heterocycles. The van der Waals surface area contributed by atoms with Crippen molar-refractivity contribution in [2.24, 2.45) is 11.7 Å². The molecule has 16 heavy (non-hydrogen) atoms. The van der Waals surface area contributed by atoms with Crippen molar-refractivity contribution in [3.8, 4) is 0 Å². The third kappa shape index (κ3) is 2.98. The first kappa shape index (κ1) is 11.9. The van der Waals surface area contributed by atoms with Gasteiger partial charge in [-0.2, -0.15) is 0 Å². The number of nitrogens with two attached hydrogens (primary N) is 1. The summed E-state index contributed by atoms with van der Waals surface area (Å²) >= 11 is 3.52. The molecule has 0 amide bonds. The van der Waals surface area contributed by atoms with Crippen molar-refractivity contribution in [2.75, 3.05) is 25.0 Å². The molecule has 0 bridgehead atoms. The van der Waals surface area contributed by atoms with Crippen LogP contribution in [0.4, 0.5) is 5.69 Å². The molecule has 1 fully saturated rings. The van der Waals surface area contributed by atoms with E-state index in [4.69, 9.17) is 5.73 Å². The lowest BCUT2D eigenvalue weighted by atomic mass is 10.1. The third-order valence-corrected chi connectivity index (χ3v) is 3.59. The van der Waals surface area contributed by atoms with Crippen molar-refractivity contribution in [3.63, 3.8) is 0 Å². The summed E-state index contributed by atoms with van der Waals surface area (Å²) in [6.07, 6.45) is 3.74. The van der Waals surface area contributed by atoms with Crippen LogP contribution in [0, 0.1) is 5.92 Å². The SMILES string of the molecule is CN(CC1CC1)c1ccc(Br)cc1CCN. The maximum atomic E-state index is 5.66. The minimum absolute atomic E-state index is 0.709. The van der Waals surface area contributed by atoms with Crippen LogP contribution in [0.5, 0.6) is 0 Å². The van der Waals surface area contributed by atoms with Crippen LogP contribution in [0.2, 0.25) is 0 Å². The van der Waals surface area contributed by atoms with Gasteiger partial charge in [-0.3, -0.25) is 0 Å². The van der Waals surface area contributed by atoms with Gasteiger partial charge < -0.3 is 10.6 Å². The third-order valence-electron chi connectivity index (χ3n) is 3.10. The van der Waals surface area contributed by atoms with E-state index in [0.29, 0.717) is 6.54 Å². The fourth-order valence-corrected chi connectivity index (χ4v) is 2.48. The number of rotatable bonds is 5. The predicted molar refractivity (Wildman–Crippen MR) is 72.9 cm³/mol. The number of halogens is 1. The lowest BCUT2D eigenvalue weighted by Crippen LogP contribution is -2.22. The Hall–Kier alpha value is -0.540. The zero-order valence-corrected chi connectivity index (χ0v) is 11.3. The predicted octanol–water partition coefficient (Wildman–Crippen LogP) is 2.80. The van der Waals surface area contributed by atoms with Gasteiger partial charge in [0, 0.05) is 23.8 Å². The Labute approximate surface area is 106 Å². The smallest absolute Gasteiger partial charge is 0.0397 e. The molecule has 2 nitrogen and oxygen atoms in total. The van der Waals surface area contributed by atoms with Crippen LogP contribution in [-0.4, -0.2) is 20.1 Å². The van der Waals surface area contributed by atoms with E-state index in [1.165, 1.54) is 30.6 Å². The van der Waals surface area contributed by atoms with Crippen LogP contribution in [0.1, 0.15) is 18.4 Å². The highest BCUT2D eigenvalue weighted by Gasteiger charge is 2.23. The molecule has 0 radical (unpaired) electrons. The van der Waals surface area contributed by atoms with E-state index in [9.17, 15) is 0 Å². The molecule has 3 heteroatoms. The van der Waals surface area contributed by atoms with E-state index >= 15 is 0 Å². The summed E-state index contributed by atoms with van der Waals surface area (Å²) in [5.41, 5.74) is 8.34. The monoisotopic (exact) mass is 282 g/mol. The Morgan fingerprint density at radius 2 is 2.19 bits per heavy atom. The van der Waals surface area contributed by atoms with Crippen LogP contribution in [-0.2, 0) is 6.42 Å². The first-order valence-electron chi connectivity index (χ1n) is 5.90. The van der Waals surface area contributed by atoms with Gasteiger partial charge in [0.15, 0.2) is 0 Å². The second-order valence-corrected chi connectivity index (χ2v) is 5.55. The van der Waals surface area contributed by atoms with Gasteiger partial charge >= 0.3 is 0 Å². The van der Waals surface area contributed by atoms with Gasteiger partial charge in [-0.25, -0.2) is 0 Å². The molecule has 0 spiro atoms. The van der Waals surface area contributed by atoms with Crippen LogP contribution < -0.4 is 10.6 Å². The average Bonchev–Trinajstić information content (AvgIpc) is 3.02. The normalized spacial score (nSPS) is 15.2. The summed E-state index contributed by atoms with van der Waals surface area (Å²) in [7, 11) is 2.18. The van der Waals surface area contributed by atoms with E-state index in [1.54, 1.807) is 0 Å². The minimum atomic E-state index is 0.709. The Morgan fingerprint density at radius 3 is 2.81 bits per heavy atom.